The zero-order valence-corrected chi connectivity index (χ0v) is 11.7. The van der Waals surface area contributed by atoms with Crippen LogP contribution in [0.3, 0.4) is 0 Å². The van der Waals surface area contributed by atoms with E-state index < -0.39 is 15.8 Å². The SMILES string of the molecule is CCCNC1CCC(N(C)S(=O)(=O)C(F)F)CC1. The summed E-state index contributed by atoms with van der Waals surface area (Å²) in [5.41, 5.74) is 0. The van der Waals surface area contributed by atoms with Crippen molar-refractivity contribution >= 4 is 10.0 Å². The molecule has 0 amide bonds. The summed E-state index contributed by atoms with van der Waals surface area (Å²) >= 11 is 0. The van der Waals surface area contributed by atoms with Gasteiger partial charge in [-0.2, -0.15) is 13.1 Å². The molecule has 0 aromatic rings. The summed E-state index contributed by atoms with van der Waals surface area (Å²) < 4.78 is 48.4. The summed E-state index contributed by atoms with van der Waals surface area (Å²) in [5.74, 6) is -3.32. The minimum atomic E-state index is -4.43. The molecule has 0 aliphatic heterocycles. The molecule has 0 radical (unpaired) electrons. The highest BCUT2D eigenvalue weighted by molar-refractivity contribution is 7.89. The minimum Gasteiger partial charge on any atom is -0.314 e. The average molecular weight is 284 g/mol. The molecule has 1 fully saturated rings. The van der Waals surface area contributed by atoms with Crippen molar-refractivity contribution in [1.29, 1.82) is 0 Å². The molecule has 0 aromatic heterocycles. The summed E-state index contributed by atoms with van der Waals surface area (Å²) in [6.45, 7) is 3.03. The molecule has 0 bridgehead atoms. The molecule has 1 N–H and O–H groups in total. The van der Waals surface area contributed by atoms with Gasteiger partial charge in [-0.15, -0.1) is 0 Å². The van der Waals surface area contributed by atoms with Crippen LogP contribution in [-0.4, -0.2) is 44.2 Å². The Bertz CT molecular complexity index is 341. The first-order valence-electron chi connectivity index (χ1n) is 6.38. The third-order valence-electron chi connectivity index (χ3n) is 3.52. The van der Waals surface area contributed by atoms with Crippen LogP contribution in [0.2, 0.25) is 0 Å². The Balaban J connectivity index is 2.48. The monoisotopic (exact) mass is 284 g/mol. The zero-order chi connectivity index (χ0) is 13.8. The highest BCUT2D eigenvalue weighted by Gasteiger charge is 2.35. The van der Waals surface area contributed by atoms with E-state index in [2.05, 4.69) is 12.2 Å². The number of sulfonamides is 1. The van der Waals surface area contributed by atoms with Crippen LogP contribution >= 0.6 is 0 Å². The van der Waals surface area contributed by atoms with Gasteiger partial charge >= 0.3 is 5.76 Å². The first-order chi connectivity index (χ1) is 8.39. The summed E-state index contributed by atoms with van der Waals surface area (Å²) in [6.07, 6.45) is 4.02. The summed E-state index contributed by atoms with van der Waals surface area (Å²) in [4.78, 5) is 0. The van der Waals surface area contributed by atoms with Gasteiger partial charge in [0.15, 0.2) is 0 Å². The second-order valence-corrected chi connectivity index (χ2v) is 6.74. The average Bonchev–Trinajstić information content (AvgIpc) is 2.35. The highest BCUT2D eigenvalue weighted by atomic mass is 32.2. The number of alkyl halides is 2. The van der Waals surface area contributed by atoms with E-state index in [0.29, 0.717) is 18.9 Å². The summed E-state index contributed by atoms with van der Waals surface area (Å²) in [7, 11) is -3.18. The number of hydrogen-bond acceptors (Lipinski definition) is 3. The van der Waals surface area contributed by atoms with Crippen LogP contribution in [0.25, 0.3) is 0 Å². The van der Waals surface area contributed by atoms with Crippen LogP contribution in [0.15, 0.2) is 0 Å². The molecule has 7 heteroatoms. The van der Waals surface area contributed by atoms with Gasteiger partial charge in [-0.1, -0.05) is 6.92 Å². The summed E-state index contributed by atoms with van der Waals surface area (Å²) in [5, 5.41) is 3.38. The first-order valence-corrected chi connectivity index (χ1v) is 7.88. The molecule has 0 unspecified atom stereocenters. The molecule has 0 spiro atoms. The van der Waals surface area contributed by atoms with Gasteiger partial charge in [0.2, 0.25) is 0 Å². The number of rotatable bonds is 6. The van der Waals surface area contributed by atoms with Gasteiger partial charge in [0.05, 0.1) is 0 Å². The van der Waals surface area contributed by atoms with E-state index in [1.54, 1.807) is 0 Å². The van der Waals surface area contributed by atoms with E-state index in [1.165, 1.54) is 7.05 Å². The molecule has 1 aliphatic rings. The maximum Gasteiger partial charge on any atom is 0.350 e. The topological polar surface area (TPSA) is 49.4 Å². The normalized spacial score (nSPS) is 25.9. The maximum absolute atomic E-state index is 12.4. The van der Waals surface area contributed by atoms with Crippen LogP contribution in [-0.2, 0) is 10.0 Å². The summed E-state index contributed by atoms with van der Waals surface area (Å²) in [6, 6.07) is 0.104. The molecule has 4 nitrogen and oxygen atoms in total. The minimum absolute atomic E-state index is 0.288. The van der Waals surface area contributed by atoms with Crippen molar-refractivity contribution < 1.29 is 17.2 Å². The zero-order valence-electron chi connectivity index (χ0n) is 10.9. The molecule has 0 aromatic carbocycles. The van der Waals surface area contributed by atoms with Gasteiger partial charge in [0.1, 0.15) is 0 Å². The van der Waals surface area contributed by atoms with Gasteiger partial charge in [-0.25, -0.2) is 8.42 Å². The molecule has 108 valence electrons. The predicted octanol–water partition coefficient (Wildman–Crippen LogP) is 1.78. The van der Waals surface area contributed by atoms with Crippen molar-refractivity contribution in [2.24, 2.45) is 0 Å². The van der Waals surface area contributed by atoms with Crippen LogP contribution in [0, 0.1) is 0 Å². The van der Waals surface area contributed by atoms with Crippen LogP contribution in [0.1, 0.15) is 39.0 Å². The lowest BCUT2D eigenvalue weighted by Gasteiger charge is -2.34. The lowest BCUT2D eigenvalue weighted by molar-refractivity contribution is 0.199. The fraction of sp³-hybridized carbons (Fsp3) is 1.00. The Morgan fingerprint density at radius 1 is 1.28 bits per heavy atom. The molecule has 1 saturated carbocycles. The van der Waals surface area contributed by atoms with Crippen molar-refractivity contribution in [3.63, 3.8) is 0 Å². The highest BCUT2D eigenvalue weighted by Crippen LogP contribution is 2.25. The van der Waals surface area contributed by atoms with E-state index in [4.69, 9.17) is 0 Å². The Labute approximate surface area is 108 Å². The fourth-order valence-electron chi connectivity index (χ4n) is 2.33. The molecule has 0 atom stereocenters. The Hall–Kier alpha value is -0.270. The Morgan fingerprint density at radius 3 is 2.28 bits per heavy atom. The molecular formula is C11H22F2N2O2S. The predicted molar refractivity (Wildman–Crippen MR) is 67.0 cm³/mol. The molecule has 1 aliphatic carbocycles. The number of hydrogen-bond donors (Lipinski definition) is 1. The number of nitrogens with zero attached hydrogens (tertiary/aromatic N) is 1. The van der Waals surface area contributed by atoms with Crippen molar-refractivity contribution in [3.8, 4) is 0 Å². The lowest BCUT2D eigenvalue weighted by Crippen LogP contribution is -2.44. The maximum atomic E-state index is 12.4. The smallest absolute Gasteiger partial charge is 0.314 e. The van der Waals surface area contributed by atoms with Gasteiger partial charge in [0, 0.05) is 19.1 Å². The van der Waals surface area contributed by atoms with E-state index in [1.807, 2.05) is 0 Å². The van der Waals surface area contributed by atoms with Crippen molar-refractivity contribution in [2.75, 3.05) is 13.6 Å². The van der Waals surface area contributed by atoms with E-state index in [0.717, 1.165) is 30.1 Å². The van der Waals surface area contributed by atoms with E-state index in [-0.39, 0.29) is 6.04 Å². The molecule has 0 saturated heterocycles. The van der Waals surface area contributed by atoms with Crippen LogP contribution in [0.4, 0.5) is 8.78 Å². The van der Waals surface area contributed by atoms with Crippen LogP contribution in [0.5, 0.6) is 0 Å². The standard InChI is InChI=1S/C11H22F2N2O2S/c1-3-8-14-9-4-6-10(7-5-9)15(2)18(16,17)11(12)13/h9-11,14H,3-8H2,1-2H3. The number of nitrogens with one attached hydrogen (secondary N) is 1. The quantitative estimate of drug-likeness (QED) is 0.809. The first kappa shape index (κ1) is 15.8. The number of halogens is 2. The third kappa shape index (κ3) is 3.86. The van der Waals surface area contributed by atoms with E-state index >= 15 is 0 Å². The largest absolute Gasteiger partial charge is 0.350 e. The van der Waals surface area contributed by atoms with Gasteiger partial charge in [0.25, 0.3) is 10.0 Å². The molecular weight excluding hydrogens is 262 g/mol. The fourth-order valence-corrected chi connectivity index (χ4v) is 3.20. The Morgan fingerprint density at radius 2 is 1.83 bits per heavy atom. The van der Waals surface area contributed by atoms with E-state index in [9.17, 15) is 17.2 Å². The van der Waals surface area contributed by atoms with Crippen molar-refractivity contribution in [1.82, 2.24) is 9.62 Å². The Kier molecular flexibility index (Phi) is 5.94. The lowest BCUT2D eigenvalue weighted by atomic mass is 9.91. The molecule has 0 heterocycles. The van der Waals surface area contributed by atoms with Gasteiger partial charge in [-0.3, -0.25) is 0 Å². The van der Waals surface area contributed by atoms with Crippen LogP contribution < -0.4 is 5.32 Å². The van der Waals surface area contributed by atoms with Gasteiger partial charge < -0.3 is 5.32 Å². The van der Waals surface area contributed by atoms with Crippen molar-refractivity contribution in [2.45, 2.75) is 56.9 Å². The third-order valence-corrected chi connectivity index (χ3v) is 5.07. The molecule has 1 rings (SSSR count). The van der Waals surface area contributed by atoms with Gasteiger partial charge in [-0.05, 0) is 38.6 Å². The second-order valence-electron chi connectivity index (χ2n) is 4.78. The second kappa shape index (κ2) is 6.77. The molecule has 18 heavy (non-hydrogen) atoms. The van der Waals surface area contributed by atoms with Crippen molar-refractivity contribution in [3.05, 3.63) is 0 Å².